The summed E-state index contributed by atoms with van der Waals surface area (Å²) in [5, 5.41) is 0. The molecule has 2 heteroatoms. The quantitative estimate of drug-likeness (QED) is 0.484. The van der Waals surface area contributed by atoms with Crippen molar-refractivity contribution in [2.75, 3.05) is 20.9 Å². The molecule has 0 unspecified atom stereocenters. The number of rotatable bonds is 3. The van der Waals surface area contributed by atoms with E-state index in [4.69, 9.17) is 4.74 Å². The van der Waals surface area contributed by atoms with Gasteiger partial charge in [-0.3, -0.25) is 0 Å². The summed E-state index contributed by atoms with van der Waals surface area (Å²) in [4.78, 5) is 1.85. The zero-order valence-electron chi connectivity index (χ0n) is 4.85. The maximum Gasteiger partial charge on any atom is 0.117 e. The monoisotopic (exact) mass is 101 g/mol. The molecular formula is C5H11NO. The van der Waals surface area contributed by atoms with E-state index in [0.717, 1.165) is 0 Å². The molecule has 0 aliphatic carbocycles. The average molecular weight is 101 g/mol. The van der Waals surface area contributed by atoms with Gasteiger partial charge in [-0.1, -0.05) is 6.58 Å². The summed E-state index contributed by atoms with van der Waals surface area (Å²) in [6, 6.07) is 0. The minimum atomic E-state index is 0.615. The van der Waals surface area contributed by atoms with Crippen LogP contribution in [0.3, 0.4) is 0 Å². The summed E-state index contributed by atoms with van der Waals surface area (Å²) < 4.78 is 4.75. The molecule has 0 N–H and O–H groups in total. The van der Waals surface area contributed by atoms with Gasteiger partial charge in [0, 0.05) is 14.2 Å². The second kappa shape index (κ2) is 3.68. The van der Waals surface area contributed by atoms with Crippen molar-refractivity contribution in [3.8, 4) is 0 Å². The van der Waals surface area contributed by atoms with Gasteiger partial charge in [-0.25, -0.2) is 0 Å². The SMILES string of the molecule is C=CN(C)COC. The first-order valence-electron chi connectivity index (χ1n) is 2.13. The van der Waals surface area contributed by atoms with Gasteiger partial charge < -0.3 is 9.64 Å². The van der Waals surface area contributed by atoms with E-state index in [1.807, 2.05) is 11.9 Å². The van der Waals surface area contributed by atoms with E-state index in [9.17, 15) is 0 Å². The van der Waals surface area contributed by atoms with Gasteiger partial charge in [0.2, 0.25) is 0 Å². The highest BCUT2D eigenvalue weighted by Gasteiger charge is 1.80. The number of nitrogens with zero attached hydrogens (tertiary/aromatic N) is 1. The van der Waals surface area contributed by atoms with Gasteiger partial charge in [0.05, 0.1) is 0 Å². The van der Waals surface area contributed by atoms with Crippen LogP contribution in [-0.2, 0) is 4.74 Å². The summed E-state index contributed by atoms with van der Waals surface area (Å²) in [5.74, 6) is 0. The number of hydrogen-bond acceptors (Lipinski definition) is 2. The van der Waals surface area contributed by atoms with E-state index in [2.05, 4.69) is 6.58 Å². The van der Waals surface area contributed by atoms with Crippen molar-refractivity contribution in [1.82, 2.24) is 4.90 Å². The van der Waals surface area contributed by atoms with Crippen LogP contribution in [0.15, 0.2) is 12.8 Å². The maximum absolute atomic E-state index is 4.75. The Hall–Kier alpha value is -0.500. The molecule has 0 spiro atoms. The first-order valence-corrected chi connectivity index (χ1v) is 2.13. The lowest BCUT2D eigenvalue weighted by Gasteiger charge is -2.09. The Morgan fingerprint density at radius 3 is 2.57 bits per heavy atom. The summed E-state index contributed by atoms with van der Waals surface area (Å²) in [6.07, 6.45) is 1.71. The Labute approximate surface area is 44.4 Å². The molecule has 0 atom stereocenters. The van der Waals surface area contributed by atoms with E-state index in [1.54, 1.807) is 13.3 Å². The molecule has 0 aromatic carbocycles. The highest BCUT2D eigenvalue weighted by atomic mass is 16.5. The van der Waals surface area contributed by atoms with E-state index in [0.29, 0.717) is 6.73 Å². The molecule has 0 aromatic heterocycles. The minimum absolute atomic E-state index is 0.615. The lowest BCUT2D eigenvalue weighted by Crippen LogP contribution is -2.12. The summed E-state index contributed by atoms with van der Waals surface area (Å²) in [5.41, 5.74) is 0. The van der Waals surface area contributed by atoms with Gasteiger partial charge in [0.15, 0.2) is 0 Å². The van der Waals surface area contributed by atoms with Crippen molar-refractivity contribution in [3.05, 3.63) is 12.8 Å². The zero-order valence-corrected chi connectivity index (χ0v) is 4.85. The summed E-state index contributed by atoms with van der Waals surface area (Å²) >= 11 is 0. The molecule has 7 heavy (non-hydrogen) atoms. The highest BCUT2D eigenvalue weighted by molar-refractivity contribution is 4.61. The van der Waals surface area contributed by atoms with Gasteiger partial charge in [0.1, 0.15) is 6.73 Å². The first kappa shape index (κ1) is 6.50. The molecule has 0 rings (SSSR count). The number of methoxy groups -OCH3 is 1. The zero-order chi connectivity index (χ0) is 5.70. The molecule has 0 radical (unpaired) electrons. The molecule has 2 nitrogen and oxygen atoms in total. The summed E-state index contributed by atoms with van der Waals surface area (Å²) in [7, 11) is 3.55. The van der Waals surface area contributed by atoms with E-state index >= 15 is 0 Å². The highest BCUT2D eigenvalue weighted by Crippen LogP contribution is 1.77. The van der Waals surface area contributed by atoms with Crippen LogP contribution >= 0.6 is 0 Å². The molecular weight excluding hydrogens is 90.1 g/mol. The van der Waals surface area contributed by atoms with Crippen LogP contribution in [0.4, 0.5) is 0 Å². The number of ether oxygens (including phenoxy) is 1. The fourth-order valence-electron chi connectivity index (χ4n) is 0.256. The Bertz CT molecular complexity index is 54.0. The average Bonchev–Trinajstić information content (AvgIpc) is 1.68. The van der Waals surface area contributed by atoms with Gasteiger partial charge in [-0.15, -0.1) is 0 Å². The van der Waals surface area contributed by atoms with Crippen molar-refractivity contribution in [3.63, 3.8) is 0 Å². The van der Waals surface area contributed by atoms with Crippen molar-refractivity contribution in [2.24, 2.45) is 0 Å². The fourth-order valence-corrected chi connectivity index (χ4v) is 0.256. The van der Waals surface area contributed by atoms with Crippen molar-refractivity contribution in [2.45, 2.75) is 0 Å². The maximum atomic E-state index is 4.75. The predicted molar refractivity (Wildman–Crippen MR) is 29.8 cm³/mol. The second-order valence-electron chi connectivity index (χ2n) is 1.36. The van der Waals surface area contributed by atoms with Crippen molar-refractivity contribution in [1.29, 1.82) is 0 Å². The standard InChI is InChI=1S/C5H11NO/c1-4-6(2)5-7-3/h4H,1,5H2,2-3H3. The lowest BCUT2D eigenvalue weighted by atomic mass is 10.8. The molecule has 0 saturated carbocycles. The largest absolute Gasteiger partial charge is 0.364 e. The predicted octanol–water partition coefficient (Wildman–Crippen LogP) is 0.666. The third-order valence-electron chi connectivity index (χ3n) is 0.644. The van der Waals surface area contributed by atoms with Crippen LogP contribution < -0.4 is 0 Å². The molecule has 0 saturated heterocycles. The van der Waals surface area contributed by atoms with Crippen LogP contribution in [0.25, 0.3) is 0 Å². The molecule has 0 amide bonds. The van der Waals surface area contributed by atoms with E-state index in [1.165, 1.54) is 0 Å². The van der Waals surface area contributed by atoms with Crippen molar-refractivity contribution < 1.29 is 4.74 Å². The third-order valence-corrected chi connectivity index (χ3v) is 0.644. The van der Waals surface area contributed by atoms with Crippen LogP contribution in [0.1, 0.15) is 0 Å². The molecule has 42 valence electrons. The van der Waals surface area contributed by atoms with Crippen LogP contribution in [0, 0.1) is 0 Å². The Kier molecular flexibility index (Phi) is 3.42. The van der Waals surface area contributed by atoms with Gasteiger partial charge in [0.25, 0.3) is 0 Å². The topological polar surface area (TPSA) is 12.5 Å². The van der Waals surface area contributed by atoms with Gasteiger partial charge in [-0.05, 0) is 6.20 Å². The molecule has 0 bridgehead atoms. The Morgan fingerprint density at radius 1 is 1.86 bits per heavy atom. The number of hydrogen-bond donors (Lipinski definition) is 0. The molecule has 0 heterocycles. The van der Waals surface area contributed by atoms with Gasteiger partial charge >= 0.3 is 0 Å². The normalized spacial score (nSPS) is 8.29. The Morgan fingerprint density at radius 2 is 2.43 bits per heavy atom. The molecule has 0 aliphatic rings. The summed E-state index contributed by atoms with van der Waals surface area (Å²) in [6.45, 7) is 4.14. The van der Waals surface area contributed by atoms with Crippen LogP contribution in [0.2, 0.25) is 0 Å². The smallest absolute Gasteiger partial charge is 0.117 e. The van der Waals surface area contributed by atoms with E-state index in [-0.39, 0.29) is 0 Å². The lowest BCUT2D eigenvalue weighted by molar-refractivity contribution is 0.112. The second-order valence-corrected chi connectivity index (χ2v) is 1.36. The van der Waals surface area contributed by atoms with E-state index < -0.39 is 0 Å². The van der Waals surface area contributed by atoms with Crippen LogP contribution in [0.5, 0.6) is 0 Å². The minimum Gasteiger partial charge on any atom is -0.364 e. The molecule has 0 fully saturated rings. The van der Waals surface area contributed by atoms with Gasteiger partial charge in [-0.2, -0.15) is 0 Å². The Balaban J connectivity index is 2.98. The van der Waals surface area contributed by atoms with Crippen LogP contribution in [-0.4, -0.2) is 25.8 Å². The molecule has 0 aromatic rings. The van der Waals surface area contributed by atoms with Crippen molar-refractivity contribution >= 4 is 0 Å². The molecule has 0 aliphatic heterocycles. The fraction of sp³-hybridized carbons (Fsp3) is 0.600. The first-order chi connectivity index (χ1) is 3.31. The third kappa shape index (κ3) is 3.33.